The first-order valence-electron chi connectivity index (χ1n) is 12.9. The lowest BCUT2D eigenvalue weighted by Gasteiger charge is -2.17. The van der Waals surface area contributed by atoms with Crippen LogP contribution in [0.5, 0.6) is 11.5 Å². The number of ether oxygens (including phenoxy) is 3. The molecule has 2 N–H and O–H groups in total. The highest BCUT2D eigenvalue weighted by Crippen LogP contribution is 2.30. The molecule has 2 aromatic carbocycles. The van der Waals surface area contributed by atoms with E-state index >= 15 is 0 Å². The quantitative estimate of drug-likeness (QED) is 0.404. The lowest BCUT2D eigenvalue weighted by Crippen LogP contribution is -2.43. The minimum atomic E-state index is -0.707. The van der Waals surface area contributed by atoms with Gasteiger partial charge in [0.15, 0.2) is 11.5 Å². The zero-order chi connectivity index (χ0) is 28.1. The van der Waals surface area contributed by atoms with Crippen LogP contribution in [-0.4, -0.2) is 54.4 Å². The van der Waals surface area contributed by atoms with Crippen molar-refractivity contribution in [2.45, 2.75) is 52.3 Å². The van der Waals surface area contributed by atoms with Crippen LogP contribution in [0.15, 0.2) is 39.9 Å². The molecule has 11 heteroatoms. The Hall–Kier alpha value is -4.12. The van der Waals surface area contributed by atoms with Crippen LogP contribution in [0.2, 0.25) is 0 Å². The Morgan fingerprint density at radius 1 is 1.00 bits per heavy atom. The molecule has 0 aliphatic carbocycles. The third-order valence-electron chi connectivity index (χ3n) is 6.94. The lowest BCUT2D eigenvalue weighted by atomic mass is 10.1. The molecule has 11 nitrogen and oxygen atoms in total. The van der Waals surface area contributed by atoms with Gasteiger partial charge in [-0.15, -0.1) is 0 Å². The standard InChI is InChI=1S/C28H34N4O7/c1-17-7-8-19(12-18(17)2)30-26(34)16-32-22-14-24(38-4)23(37-3)13-21(22)27(35)31(28(32)36)10-9-25(33)29-15-20-6-5-11-39-20/h7-8,12-14,20H,5-6,9-11,15-16H2,1-4H3,(H,29,33)(H,30,34)/t20-/m1/s1. The van der Waals surface area contributed by atoms with Crippen molar-refractivity contribution in [3.05, 3.63) is 62.3 Å². The predicted octanol–water partition coefficient (Wildman–Crippen LogP) is 2.12. The molecule has 2 amide bonds. The van der Waals surface area contributed by atoms with Gasteiger partial charge in [0, 0.05) is 37.9 Å². The minimum Gasteiger partial charge on any atom is -0.493 e. The molecular weight excluding hydrogens is 504 g/mol. The number of fused-ring (bicyclic) bond motifs is 1. The van der Waals surface area contributed by atoms with Crippen LogP contribution < -0.4 is 31.4 Å². The lowest BCUT2D eigenvalue weighted by molar-refractivity contribution is -0.122. The summed E-state index contributed by atoms with van der Waals surface area (Å²) in [5.74, 6) is -0.148. The number of methoxy groups -OCH3 is 2. The van der Waals surface area contributed by atoms with Crippen molar-refractivity contribution >= 4 is 28.4 Å². The molecule has 0 bridgehead atoms. The normalized spacial score (nSPS) is 14.8. The summed E-state index contributed by atoms with van der Waals surface area (Å²) >= 11 is 0. The first-order chi connectivity index (χ1) is 18.7. The van der Waals surface area contributed by atoms with E-state index in [2.05, 4.69) is 10.6 Å². The van der Waals surface area contributed by atoms with Crippen LogP contribution in [0.25, 0.3) is 10.9 Å². The second-order valence-corrected chi connectivity index (χ2v) is 9.59. The summed E-state index contributed by atoms with van der Waals surface area (Å²) in [6.07, 6.45) is 1.73. The number of rotatable bonds is 10. The number of aromatic nitrogens is 2. The molecule has 39 heavy (non-hydrogen) atoms. The fourth-order valence-electron chi connectivity index (χ4n) is 4.59. The van der Waals surface area contributed by atoms with E-state index in [1.165, 1.54) is 30.9 Å². The van der Waals surface area contributed by atoms with E-state index in [0.717, 1.165) is 28.5 Å². The Kier molecular flexibility index (Phi) is 8.70. The van der Waals surface area contributed by atoms with E-state index in [-0.39, 0.29) is 42.4 Å². The van der Waals surface area contributed by atoms with Gasteiger partial charge in [0.05, 0.1) is 31.2 Å². The van der Waals surface area contributed by atoms with Crippen molar-refractivity contribution in [2.75, 3.05) is 32.7 Å². The molecule has 3 aromatic rings. The molecule has 0 radical (unpaired) electrons. The zero-order valence-corrected chi connectivity index (χ0v) is 22.7. The molecule has 208 valence electrons. The summed E-state index contributed by atoms with van der Waals surface area (Å²) < 4.78 is 18.4. The van der Waals surface area contributed by atoms with Gasteiger partial charge in [-0.1, -0.05) is 6.07 Å². The van der Waals surface area contributed by atoms with Crippen LogP contribution in [0.3, 0.4) is 0 Å². The van der Waals surface area contributed by atoms with Crippen LogP contribution in [0.1, 0.15) is 30.4 Å². The second-order valence-electron chi connectivity index (χ2n) is 9.59. The Morgan fingerprint density at radius 3 is 2.41 bits per heavy atom. The number of aryl methyl sites for hydroxylation is 2. The Labute approximate surface area is 225 Å². The SMILES string of the molecule is COc1cc2c(=O)n(CCC(=O)NC[C@H]3CCCO3)c(=O)n(CC(=O)Nc3ccc(C)c(C)c3)c2cc1OC. The van der Waals surface area contributed by atoms with Gasteiger partial charge >= 0.3 is 5.69 Å². The Bertz CT molecular complexity index is 1500. The van der Waals surface area contributed by atoms with Crippen molar-refractivity contribution in [1.82, 2.24) is 14.5 Å². The van der Waals surface area contributed by atoms with Crippen LogP contribution in [0.4, 0.5) is 5.69 Å². The van der Waals surface area contributed by atoms with Crippen molar-refractivity contribution in [2.24, 2.45) is 0 Å². The number of benzene rings is 2. The number of nitrogens with zero attached hydrogens (tertiary/aromatic N) is 2. The summed E-state index contributed by atoms with van der Waals surface area (Å²) in [6.45, 7) is 4.46. The van der Waals surface area contributed by atoms with Gasteiger partial charge in [0.25, 0.3) is 5.56 Å². The number of carbonyl (C=O) groups excluding carboxylic acids is 2. The Balaban J connectivity index is 1.66. The molecule has 0 spiro atoms. The van der Waals surface area contributed by atoms with Crippen molar-refractivity contribution in [3.8, 4) is 11.5 Å². The summed E-state index contributed by atoms with van der Waals surface area (Å²) in [7, 11) is 2.88. The van der Waals surface area contributed by atoms with Crippen molar-refractivity contribution < 1.29 is 23.8 Å². The maximum Gasteiger partial charge on any atom is 0.331 e. The highest BCUT2D eigenvalue weighted by Gasteiger charge is 2.20. The highest BCUT2D eigenvalue weighted by molar-refractivity contribution is 5.92. The average Bonchev–Trinajstić information content (AvgIpc) is 3.45. The first-order valence-corrected chi connectivity index (χ1v) is 12.9. The van der Waals surface area contributed by atoms with Gasteiger partial charge < -0.3 is 24.8 Å². The maximum atomic E-state index is 13.5. The van der Waals surface area contributed by atoms with Gasteiger partial charge in [0.2, 0.25) is 11.8 Å². The second kappa shape index (κ2) is 12.2. The molecule has 1 aromatic heterocycles. The van der Waals surface area contributed by atoms with Gasteiger partial charge in [-0.3, -0.25) is 23.5 Å². The minimum absolute atomic E-state index is 0.0205. The monoisotopic (exact) mass is 538 g/mol. The largest absolute Gasteiger partial charge is 0.493 e. The van der Waals surface area contributed by atoms with Gasteiger partial charge in [-0.2, -0.15) is 0 Å². The number of amides is 2. The number of hydrogen-bond acceptors (Lipinski definition) is 7. The van der Waals surface area contributed by atoms with Gasteiger partial charge in [-0.25, -0.2) is 4.79 Å². The summed E-state index contributed by atoms with van der Waals surface area (Å²) in [4.78, 5) is 52.4. The smallest absolute Gasteiger partial charge is 0.331 e. The molecule has 1 aliphatic rings. The van der Waals surface area contributed by atoms with Crippen molar-refractivity contribution in [3.63, 3.8) is 0 Å². The molecule has 1 saturated heterocycles. The van der Waals surface area contributed by atoms with Crippen molar-refractivity contribution in [1.29, 1.82) is 0 Å². The first kappa shape index (κ1) is 27.9. The predicted molar refractivity (Wildman–Crippen MR) is 147 cm³/mol. The molecule has 2 heterocycles. The van der Waals surface area contributed by atoms with E-state index in [1.807, 2.05) is 26.0 Å². The number of hydrogen-bond donors (Lipinski definition) is 2. The molecule has 1 fully saturated rings. The summed E-state index contributed by atoms with van der Waals surface area (Å²) in [5.41, 5.74) is 1.62. The van der Waals surface area contributed by atoms with Crippen LogP contribution in [0, 0.1) is 13.8 Å². The topological polar surface area (TPSA) is 130 Å². The van der Waals surface area contributed by atoms with Crippen LogP contribution in [-0.2, 0) is 27.4 Å². The third-order valence-corrected chi connectivity index (χ3v) is 6.94. The molecule has 0 unspecified atom stereocenters. The van der Waals surface area contributed by atoms with Gasteiger partial charge in [0.1, 0.15) is 6.54 Å². The maximum absolute atomic E-state index is 13.5. The molecule has 0 saturated carbocycles. The summed E-state index contributed by atoms with van der Waals surface area (Å²) in [5, 5.41) is 5.77. The van der Waals surface area contributed by atoms with E-state index in [4.69, 9.17) is 14.2 Å². The molecular formula is C28H34N4O7. The van der Waals surface area contributed by atoms with E-state index in [0.29, 0.717) is 30.3 Å². The fraction of sp³-hybridized carbons (Fsp3) is 0.429. The third kappa shape index (κ3) is 6.31. The average molecular weight is 539 g/mol. The number of anilines is 1. The van der Waals surface area contributed by atoms with E-state index in [9.17, 15) is 19.2 Å². The number of carbonyl (C=O) groups is 2. The van der Waals surface area contributed by atoms with E-state index < -0.39 is 17.2 Å². The molecule has 4 rings (SSSR count). The molecule has 1 aliphatic heterocycles. The highest BCUT2D eigenvalue weighted by atomic mass is 16.5. The van der Waals surface area contributed by atoms with Crippen LogP contribution >= 0.6 is 0 Å². The van der Waals surface area contributed by atoms with E-state index in [1.54, 1.807) is 6.07 Å². The summed E-state index contributed by atoms with van der Waals surface area (Å²) in [6, 6.07) is 8.50. The van der Waals surface area contributed by atoms with Gasteiger partial charge in [-0.05, 0) is 56.0 Å². The fourth-order valence-corrected chi connectivity index (χ4v) is 4.59. The zero-order valence-electron chi connectivity index (χ0n) is 22.7. The Morgan fingerprint density at radius 2 is 1.74 bits per heavy atom. The molecule has 1 atom stereocenters. The number of nitrogens with one attached hydrogen (secondary N) is 2.